The highest BCUT2D eigenvalue weighted by Crippen LogP contribution is 2.31. The summed E-state index contributed by atoms with van der Waals surface area (Å²) in [7, 11) is 0. The van der Waals surface area contributed by atoms with Crippen LogP contribution in [0.1, 0.15) is 5.56 Å². The van der Waals surface area contributed by atoms with E-state index >= 15 is 0 Å². The summed E-state index contributed by atoms with van der Waals surface area (Å²) in [6.45, 7) is 2.16. The fraction of sp³-hybridized carbons (Fsp3) is 0.111. The largest absolute Gasteiger partial charge is 0.143 e. The van der Waals surface area contributed by atoms with E-state index in [1.165, 1.54) is 15.3 Å². The van der Waals surface area contributed by atoms with Crippen molar-refractivity contribution in [1.29, 1.82) is 0 Å². The molecular formula is C9H8S2. The third-order valence-electron chi connectivity index (χ3n) is 1.61. The minimum Gasteiger partial charge on any atom is -0.143 e. The summed E-state index contributed by atoms with van der Waals surface area (Å²) in [5, 5.41) is 4.26. The Labute approximate surface area is 74.1 Å². The van der Waals surface area contributed by atoms with Gasteiger partial charge in [0, 0.05) is 9.75 Å². The molecule has 0 nitrogen and oxygen atoms in total. The minimum absolute atomic E-state index is 1.39. The van der Waals surface area contributed by atoms with Gasteiger partial charge in [-0.15, -0.1) is 22.7 Å². The molecule has 56 valence electrons. The van der Waals surface area contributed by atoms with Crippen LogP contribution >= 0.6 is 22.7 Å². The predicted octanol–water partition coefficient (Wildman–Crippen LogP) is 3.79. The fourth-order valence-corrected chi connectivity index (χ4v) is 2.90. The first kappa shape index (κ1) is 7.07. The third kappa shape index (κ3) is 1.24. The molecule has 0 atom stereocenters. The maximum Gasteiger partial charge on any atom is 0.0471 e. The number of aryl methyl sites for hydroxylation is 1. The third-order valence-corrected chi connectivity index (χ3v) is 3.67. The van der Waals surface area contributed by atoms with Crippen LogP contribution in [0, 0.1) is 6.92 Å². The van der Waals surface area contributed by atoms with E-state index in [0.717, 1.165) is 0 Å². The second-order valence-corrected chi connectivity index (χ2v) is 4.27. The van der Waals surface area contributed by atoms with Crippen molar-refractivity contribution in [2.24, 2.45) is 0 Å². The smallest absolute Gasteiger partial charge is 0.0471 e. The van der Waals surface area contributed by atoms with Crippen molar-refractivity contribution in [2.75, 3.05) is 0 Å². The monoisotopic (exact) mass is 180 g/mol. The van der Waals surface area contributed by atoms with Crippen molar-refractivity contribution in [3.63, 3.8) is 0 Å². The zero-order chi connectivity index (χ0) is 7.68. The Morgan fingerprint density at radius 1 is 1.09 bits per heavy atom. The summed E-state index contributed by atoms with van der Waals surface area (Å²) in [5.74, 6) is 0. The number of rotatable bonds is 1. The van der Waals surface area contributed by atoms with Crippen molar-refractivity contribution >= 4 is 22.7 Å². The molecule has 0 amide bonds. The molecule has 2 aromatic heterocycles. The second kappa shape index (κ2) is 2.80. The van der Waals surface area contributed by atoms with E-state index in [-0.39, 0.29) is 0 Å². The molecule has 0 aliphatic carbocycles. The van der Waals surface area contributed by atoms with Gasteiger partial charge in [0.05, 0.1) is 0 Å². The Morgan fingerprint density at radius 2 is 2.00 bits per heavy atom. The SMILES string of the molecule is Cc1ccsc1-c1cccs1. The summed E-state index contributed by atoms with van der Waals surface area (Å²) < 4.78 is 0. The lowest BCUT2D eigenvalue weighted by molar-refractivity contribution is 1.56. The molecule has 0 fully saturated rings. The van der Waals surface area contributed by atoms with Crippen LogP contribution in [-0.2, 0) is 0 Å². The average molecular weight is 180 g/mol. The van der Waals surface area contributed by atoms with Gasteiger partial charge in [0.2, 0.25) is 0 Å². The Kier molecular flexibility index (Phi) is 1.80. The molecule has 2 aromatic rings. The summed E-state index contributed by atoms with van der Waals surface area (Å²) in [4.78, 5) is 2.80. The van der Waals surface area contributed by atoms with Crippen LogP contribution in [0.4, 0.5) is 0 Å². The summed E-state index contributed by atoms with van der Waals surface area (Å²) in [5.41, 5.74) is 1.39. The quantitative estimate of drug-likeness (QED) is 0.626. The highest BCUT2D eigenvalue weighted by atomic mass is 32.1. The maximum atomic E-state index is 2.17. The van der Waals surface area contributed by atoms with Crippen LogP contribution in [0.2, 0.25) is 0 Å². The molecule has 2 heterocycles. The van der Waals surface area contributed by atoms with Gasteiger partial charge in [0.1, 0.15) is 0 Å². The summed E-state index contributed by atoms with van der Waals surface area (Å²) in [6, 6.07) is 6.43. The van der Waals surface area contributed by atoms with Gasteiger partial charge in [-0.2, -0.15) is 0 Å². The molecule has 0 saturated heterocycles. The Bertz CT molecular complexity index is 330. The molecule has 2 rings (SSSR count). The summed E-state index contributed by atoms with van der Waals surface area (Å²) in [6.07, 6.45) is 0. The van der Waals surface area contributed by atoms with Crippen LogP contribution in [0.5, 0.6) is 0 Å². The second-order valence-electron chi connectivity index (χ2n) is 2.41. The molecule has 0 unspecified atom stereocenters. The van der Waals surface area contributed by atoms with Gasteiger partial charge in [-0.05, 0) is 35.4 Å². The first-order valence-corrected chi connectivity index (χ1v) is 5.22. The van der Waals surface area contributed by atoms with E-state index in [1.54, 1.807) is 11.3 Å². The molecule has 2 heteroatoms. The van der Waals surface area contributed by atoms with Crippen molar-refractivity contribution in [3.8, 4) is 9.75 Å². The van der Waals surface area contributed by atoms with Crippen LogP contribution in [-0.4, -0.2) is 0 Å². The molecule has 0 spiro atoms. The van der Waals surface area contributed by atoms with E-state index in [2.05, 4.69) is 35.9 Å². The van der Waals surface area contributed by atoms with Crippen LogP contribution < -0.4 is 0 Å². The molecule has 0 aliphatic heterocycles. The maximum absolute atomic E-state index is 2.17. The van der Waals surface area contributed by atoms with Gasteiger partial charge < -0.3 is 0 Å². The fourth-order valence-electron chi connectivity index (χ4n) is 1.03. The van der Waals surface area contributed by atoms with Crippen LogP contribution in [0.25, 0.3) is 9.75 Å². The minimum atomic E-state index is 1.39. The van der Waals surface area contributed by atoms with Gasteiger partial charge in [-0.1, -0.05) is 6.07 Å². The summed E-state index contributed by atoms with van der Waals surface area (Å²) >= 11 is 3.62. The van der Waals surface area contributed by atoms with Crippen molar-refractivity contribution in [1.82, 2.24) is 0 Å². The van der Waals surface area contributed by atoms with Gasteiger partial charge in [-0.3, -0.25) is 0 Å². The van der Waals surface area contributed by atoms with Gasteiger partial charge in [0.25, 0.3) is 0 Å². The lowest BCUT2D eigenvalue weighted by Gasteiger charge is -1.91. The average Bonchev–Trinajstić information content (AvgIpc) is 2.55. The van der Waals surface area contributed by atoms with E-state index in [4.69, 9.17) is 0 Å². The first-order chi connectivity index (χ1) is 5.38. The number of hydrogen-bond donors (Lipinski definition) is 0. The predicted molar refractivity (Wildman–Crippen MR) is 52.4 cm³/mol. The van der Waals surface area contributed by atoms with Crippen molar-refractivity contribution in [2.45, 2.75) is 6.92 Å². The van der Waals surface area contributed by atoms with Crippen LogP contribution in [0.15, 0.2) is 29.0 Å². The van der Waals surface area contributed by atoms with Crippen molar-refractivity contribution < 1.29 is 0 Å². The van der Waals surface area contributed by atoms with Gasteiger partial charge in [0.15, 0.2) is 0 Å². The zero-order valence-corrected chi connectivity index (χ0v) is 7.84. The lowest BCUT2D eigenvalue weighted by Crippen LogP contribution is -1.66. The standard InChI is InChI=1S/C9H8S2/c1-7-4-6-11-9(7)8-3-2-5-10-8/h2-6H,1H3. The molecule has 0 saturated carbocycles. The topological polar surface area (TPSA) is 0 Å². The Hall–Kier alpha value is -0.600. The van der Waals surface area contributed by atoms with E-state index in [9.17, 15) is 0 Å². The first-order valence-electron chi connectivity index (χ1n) is 3.46. The number of thiophene rings is 2. The van der Waals surface area contributed by atoms with Crippen molar-refractivity contribution in [3.05, 3.63) is 34.5 Å². The van der Waals surface area contributed by atoms with Crippen LogP contribution in [0.3, 0.4) is 0 Å². The number of hydrogen-bond acceptors (Lipinski definition) is 2. The zero-order valence-electron chi connectivity index (χ0n) is 6.20. The van der Waals surface area contributed by atoms with Gasteiger partial charge in [-0.25, -0.2) is 0 Å². The Morgan fingerprint density at radius 3 is 2.55 bits per heavy atom. The molecule has 0 radical (unpaired) electrons. The lowest BCUT2D eigenvalue weighted by atomic mass is 10.2. The highest BCUT2D eigenvalue weighted by Gasteiger charge is 2.02. The Balaban J connectivity index is 2.53. The molecule has 0 N–H and O–H groups in total. The molecule has 0 aromatic carbocycles. The molecular weight excluding hydrogens is 172 g/mol. The van der Waals surface area contributed by atoms with E-state index in [1.807, 2.05) is 11.3 Å². The van der Waals surface area contributed by atoms with E-state index in [0.29, 0.717) is 0 Å². The highest BCUT2D eigenvalue weighted by molar-refractivity contribution is 7.20. The van der Waals surface area contributed by atoms with Gasteiger partial charge >= 0.3 is 0 Å². The molecule has 0 bridgehead atoms. The van der Waals surface area contributed by atoms with E-state index < -0.39 is 0 Å². The normalized spacial score (nSPS) is 10.3. The molecule has 11 heavy (non-hydrogen) atoms. The molecule has 0 aliphatic rings.